The molecular formula is C12H20N4O. The zero-order chi connectivity index (χ0) is 12.1. The second-order valence-corrected chi connectivity index (χ2v) is 4.21. The molecule has 0 unspecified atom stereocenters. The van der Waals surface area contributed by atoms with Crippen LogP contribution < -0.4 is 10.6 Å². The monoisotopic (exact) mass is 236 g/mol. The first kappa shape index (κ1) is 12.1. The van der Waals surface area contributed by atoms with E-state index in [0.29, 0.717) is 12.1 Å². The third-order valence-electron chi connectivity index (χ3n) is 2.84. The predicted octanol–water partition coefficient (Wildman–Crippen LogP) is 1.89. The Morgan fingerprint density at radius 3 is 2.76 bits per heavy atom. The van der Waals surface area contributed by atoms with Crippen molar-refractivity contribution in [3.05, 3.63) is 12.4 Å². The van der Waals surface area contributed by atoms with Gasteiger partial charge in [0.25, 0.3) is 0 Å². The Kier molecular flexibility index (Phi) is 4.14. The van der Waals surface area contributed by atoms with Gasteiger partial charge in [0.05, 0.1) is 18.5 Å². The Morgan fingerprint density at radius 1 is 1.29 bits per heavy atom. The van der Waals surface area contributed by atoms with Gasteiger partial charge < -0.3 is 15.4 Å². The first-order valence-electron chi connectivity index (χ1n) is 6.25. The summed E-state index contributed by atoms with van der Waals surface area (Å²) in [4.78, 5) is 8.58. The van der Waals surface area contributed by atoms with E-state index in [1.807, 2.05) is 13.8 Å². The van der Waals surface area contributed by atoms with Gasteiger partial charge in [-0.05, 0) is 26.7 Å². The molecule has 5 nitrogen and oxygen atoms in total. The van der Waals surface area contributed by atoms with Crippen molar-refractivity contribution in [1.29, 1.82) is 0 Å². The zero-order valence-corrected chi connectivity index (χ0v) is 10.4. The van der Waals surface area contributed by atoms with Gasteiger partial charge in [-0.15, -0.1) is 0 Å². The lowest BCUT2D eigenvalue weighted by atomic mass is 9.89. The van der Waals surface area contributed by atoms with Crippen molar-refractivity contribution >= 4 is 11.6 Å². The van der Waals surface area contributed by atoms with Crippen LogP contribution in [0, 0.1) is 0 Å². The Bertz CT molecular complexity index is 352. The lowest BCUT2D eigenvalue weighted by molar-refractivity contribution is 0.00292. The highest BCUT2D eigenvalue weighted by Gasteiger charge is 2.29. The molecule has 1 aliphatic carbocycles. The van der Waals surface area contributed by atoms with E-state index >= 15 is 0 Å². The molecule has 0 amide bonds. The van der Waals surface area contributed by atoms with Crippen molar-refractivity contribution in [1.82, 2.24) is 9.97 Å². The zero-order valence-electron chi connectivity index (χ0n) is 10.4. The summed E-state index contributed by atoms with van der Waals surface area (Å²) in [6.45, 7) is 5.73. The average molecular weight is 236 g/mol. The lowest BCUT2D eigenvalue weighted by Crippen LogP contribution is -2.41. The summed E-state index contributed by atoms with van der Waals surface area (Å²) in [7, 11) is 0. The van der Waals surface area contributed by atoms with Crippen LogP contribution in [0.25, 0.3) is 0 Å². The molecule has 1 heterocycles. The molecule has 1 aromatic rings. The van der Waals surface area contributed by atoms with Crippen LogP contribution in [-0.4, -0.2) is 35.3 Å². The third-order valence-corrected chi connectivity index (χ3v) is 2.84. The highest BCUT2D eigenvalue weighted by molar-refractivity contribution is 5.42. The maximum Gasteiger partial charge on any atom is 0.147 e. The third kappa shape index (κ3) is 3.30. The van der Waals surface area contributed by atoms with Crippen LogP contribution in [0.5, 0.6) is 0 Å². The maximum atomic E-state index is 5.52. The molecule has 0 spiro atoms. The summed E-state index contributed by atoms with van der Waals surface area (Å²) in [5.41, 5.74) is 0. The van der Waals surface area contributed by atoms with Gasteiger partial charge in [0.1, 0.15) is 11.6 Å². The fourth-order valence-electron chi connectivity index (χ4n) is 1.97. The summed E-state index contributed by atoms with van der Waals surface area (Å²) >= 11 is 0. The van der Waals surface area contributed by atoms with E-state index in [4.69, 9.17) is 4.74 Å². The molecule has 17 heavy (non-hydrogen) atoms. The minimum absolute atomic E-state index is 0.419. The highest BCUT2D eigenvalue weighted by Crippen LogP contribution is 2.26. The first-order valence-corrected chi connectivity index (χ1v) is 6.25. The van der Waals surface area contributed by atoms with E-state index in [9.17, 15) is 0 Å². The first-order chi connectivity index (χ1) is 8.31. The predicted molar refractivity (Wildman–Crippen MR) is 68.3 cm³/mol. The van der Waals surface area contributed by atoms with Gasteiger partial charge in [-0.25, -0.2) is 4.98 Å². The summed E-state index contributed by atoms with van der Waals surface area (Å²) in [5, 5.41) is 6.52. The number of ether oxygens (including phenoxy) is 1. The van der Waals surface area contributed by atoms with Crippen LogP contribution in [-0.2, 0) is 4.74 Å². The molecule has 2 rings (SSSR count). The van der Waals surface area contributed by atoms with E-state index in [1.165, 1.54) is 0 Å². The van der Waals surface area contributed by atoms with Gasteiger partial charge in [0.2, 0.25) is 0 Å². The van der Waals surface area contributed by atoms with Crippen LogP contribution in [0.4, 0.5) is 11.6 Å². The molecular weight excluding hydrogens is 216 g/mol. The molecule has 1 aliphatic rings. The smallest absolute Gasteiger partial charge is 0.147 e. The van der Waals surface area contributed by atoms with E-state index in [1.54, 1.807) is 12.4 Å². The Hall–Kier alpha value is -1.36. The van der Waals surface area contributed by atoms with Crippen LogP contribution in [0.3, 0.4) is 0 Å². The Balaban J connectivity index is 1.81. The summed E-state index contributed by atoms with van der Waals surface area (Å²) in [5.74, 6) is 1.65. The fraction of sp³-hybridized carbons (Fsp3) is 0.667. The van der Waals surface area contributed by atoms with Crippen molar-refractivity contribution in [2.24, 2.45) is 0 Å². The summed E-state index contributed by atoms with van der Waals surface area (Å²) in [6.07, 6.45) is 6.03. The number of aromatic nitrogens is 2. The molecule has 1 fully saturated rings. The van der Waals surface area contributed by atoms with Crippen molar-refractivity contribution in [3.63, 3.8) is 0 Å². The van der Waals surface area contributed by atoms with Gasteiger partial charge in [-0.3, -0.25) is 4.98 Å². The number of hydrogen-bond acceptors (Lipinski definition) is 5. The SMILES string of the molecule is CCNc1cncc(NC2CC(OCC)C2)n1. The second-order valence-electron chi connectivity index (χ2n) is 4.21. The normalized spacial score (nSPS) is 22.9. The molecule has 0 aromatic carbocycles. The van der Waals surface area contributed by atoms with Gasteiger partial charge in [-0.2, -0.15) is 0 Å². The number of anilines is 2. The molecule has 1 aromatic heterocycles. The van der Waals surface area contributed by atoms with Crippen molar-refractivity contribution in [2.45, 2.75) is 38.8 Å². The quantitative estimate of drug-likeness (QED) is 0.790. The van der Waals surface area contributed by atoms with Crippen LogP contribution in [0.1, 0.15) is 26.7 Å². The number of rotatable bonds is 6. The lowest BCUT2D eigenvalue weighted by Gasteiger charge is -2.35. The molecule has 0 bridgehead atoms. The van der Waals surface area contributed by atoms with Gasteiger partial charge in [0, 0.05) is 19.2 Å². The standard InChI is InChI=1S/C12H20N4O/c1-3-14-11-7-13-8-12(16-11)15-9-5-10(6-9)17-4-2/h7-10H,3-6H2,1-2H3,(H2,14,15,16). The molecule has 2 N–H and O–H groups in total. The molecule has 5 heteroatoms. The number of nitrogens with one attached hydrogen (secondary N) is 2. The number of nitrogens with zero attached hydrogens (tertiary/aromatic N) is 2. The fourth-order valence-corrected chi connectivity index (χ4v) is 1.97. The Labute approximate surface area is 102 Å². The molecule has 0 atom stereocenters. The minimum Gasteiger partial charge on any atom is -0.378 e. The van der Waals surface area contributed by atoms with E-state index < -0.39 is 0 Å². The average Bonchev–Trinajstić information content (AvgIpc) is 2.27. The largest absolute Gasteiger partial charge is 0.378 e. The highest BCUT2D eigenvalue weighted by atomic mass is 16.5. The van der Waals surface area contributed by atoms with Gasteiger partial charge in [0.15, 0.2) is 0 Å². The van der Waals surface area contributed by atoms with Gasteiger partial charge in [-0.1, -0.05) is 0 Å². The van der Waals surface area contributed by atoms with E-state index in [0.717, 1.165) is 37.6 Å². The summed E-state index contributed by atoms with van der Waals surface area (Å²) < 4.78 is 5.52. The van der Waals surface area contributed by atoms with Crippen LogP contribution in [0.15, 0.2) is 12.4 Å². The van der Waals surface area contributed by atoms with Crippen molar-refractivity contribution < 1.29 is 4.74 Å². The van der Waals surface area contributed by atoms with Crippen LogP contribution in [0.2, 0.25) is 0 Å². The van der Waals surface area contributed by atoms with Crippen molar-refractivity contribution in [3.8, 4) is 0 Å². The maximum absolute atomic E-state index is 5.52. The topological polar surface area (TPSA) is 59.1 Å². The molecule has 94 valence electrons. The van der Waals surface area contributed by atoms with Gasteiger partial charge >= 0.3 is 0 Å². The molecule has 1 saturated carbocycles. The second kappa shape index (κ2) is 5.82. The molecule has 0 saturated heterocycles. The minimum atomic E-state index is 0.419. The molecule has 0 radical (unpaired) electrons. The number of hydrogen-bond donors (Lipinski definition) is 2. The Morgan fingerprint density at radius 2 is 2.06 bits per heavy atom. The van der Waals surface area contributed by atoms with Crippen LogP contribution >= 0.6 is 0 Å². The van der Waals surface area contributed by atoms with E-state index in [2.05, 4.69) is 20.6 Å². The van der Waals surface area contributed by atoms with E-state index in [-0.39, 0.29) is 0 Å². The molecule has 0 aliphatic heterocycles. The van der Waals surface area contributed by atoms with Crippen molar-refractivity contribution in [2.75, 3.05) is 23.8 Å². The summed E-state index contributed by atoms with van der Waals surface area (Å²) in [6, 6.07) is 0.470.